The maximum absolute atomic E-state index is 12.3. The standard InChI is InChI=1S/C13H11BrClNO2S/c14-10-3-1-9(2-4-10)8-19(17,18)13-7-11(15)5-6-12(13)16/h1-7H,8,16H2. The van der Waals surface area contributed by atoms with Gasteiger partial charge in [-0.25, -0.2) is 8.42 Å². The lowest BCUT2D eigenvalue weighted by molar-refractivity contribution is 0.595. The number of anilines is 1. The van der Waals surface area contributed by atoms with E-state index in [9.17, 15) is 8.42 Å². The van der Waals surface area contributed by atoms with E-state index < -0.39 is 9.84 Å². The number of nitrogen functional groups attached to an aromatic ring is 1. The van der Waals surface area contributed by atoms with Crippen molar-refractivity contribution in [1.82, 2.24) is 0 Å². The van der Waals surface area contributed by atoms with E-state index in [4.69, 9.17) is 17.3 Å². The predicted molar refractivity (Wildman–Crippen MR) is 80.9 cm³/mol. The summed E-state index contributed by atoms with van der Waals surface area (Å²) in [6.45, 7) is 0. The largest absolute Gasteiger partial charge is 0.398 e. The van der Waals surface area contributed by atoms with Crippen LogP contribution in [0.5, 0.6) is 0 Å². The SMILES string of the molecule is Nc1ccc(Cl)cc1S(=O)(=O)Cc1ccc(Br)cc1. The average molecular weight is 361 g/mol. The summed E-state index contributed by atoms with van der Waals surface area (Å²) in [4.78, 5) is 0.0721. The molecule has 0 aromatic heterocycles. The molecular formula is C13H11BrClNO2S. The summed E-state index contributed by atoms with van der Waals surface area (Å²) in [5, 5.41) is 0.351. The van der Waals surface area contributed by atoms with Gasteiger partial charge in [-0.15, -0.1) is 0 Å². The van der Waals surface area contributed by atoms with Crippen molar-refractivity contribution >= 4 is 43.1 Å². The van der Waals surface area contributed by atoms with Crippen LogP contribution in [-0.2, 0) is 15.6 Å². The molecule has 0 aliphatic carbocycles. The smallest absolute Gasteiger partial charge is 0.184 e. The van der Waals surface area contributed by atoms with E-state index in [-0.39, 0.29) is 16.3 Å². The number of hydrogen-bond donors (Lipinski definition) is 1. The maximum Gasteiger partial charge on any atom is 0.184 e. The molecule has 0 spiro atoms. The zero-order chi connectivity index (χ0) is 14.0. The first-order valence-corrected chi connectivity index (χ1v) is 8.23. The molecule has 0 unspecified atom stereocenters. The van der Waals surface area contributed by atoms with Crippen LogP contribution in [0.25, 0.3) is 0 Å². The van der Waals surface area contributed by atoms with Crippen molar-refractivity contribution in [3.63, 3.8) is 0 Å². The Kier molecular flexibility index (Phi) is 4.18. The molecule has 3 nitrogen and oxygen atoms in total. The fourth-order valence-electron chi connectivity index (χ4n) is 1.66. The number of nitrogens with two attached hydrogens (primary N) is 1. The molecule has 0 bridgehead atoms. The summed E-state index contributed by atoms with van der Waals surface area (Å²) >= 11 is 9.12. The monoisotopic (exact) mass is 359 g/mol. The van der Waals surface area contributed by atoms with Gasteiger partial charge in [-0.3, -0.25) is 0 Å². The van der Waals surface area contributed by atoms with E-state index in [0.29, 0.717) is 10.6 Å². The first-order valence-electron chi connectivity index (χ1n) is 5.41. The first kappa shape index (κ1) is 14.4. The van der Waals surface area contributed by atoms with Gasteiger partial charge >= 0.3 is 0 Å². The van der Waals surface area contributed by atoms with Gasteiger partial charge in [0.25, 0.3) is 0 Å². The molecule has 2 aromatic rings. The third-order valence-corrected chi connectivity index (χ3v) is 5.08. The molecule has 0 saturated carbocycles. The Morgan fingerprint density at radius 2 is 1.74 bits per heavy atom. The van der Waals surface area contributed by atoms with E-state index in [0.717, 1.165) is 4.47 Å². The highest BCUT2D eigenvalue weighted by atomic mass is 79.9. The fraction of sp³-hybridized carbons (Fsp3) is 0.0769. The maximum atomic E-state index is 12.3. The lowest BCUT2D eigenvalue weighted by Crippen LogP contribution is -2.08. The molecule has 0 aliphatic rings. The number of benzene rings is 2. The van der Waals surface area contributed by atoms with E-state index in [2.05, 4.69) is 15.9 Å². The van der Waals surface area contributed by atoms with Crippen LogP contribution in [0, 0.1) is 0 Å². The molecule has 0 saturated heterocycles. The Labute approximate surface area is 125 Å². The molecule has 6 heteroatoms. The molecule has 0 radical (unpaired) electrons. The van der Waals surface area contributed by atoms with Gasteiger partial charge in [-0.05, 0) is 35.9 Å². The van der Waals surface area contributed by atoms with Crippen molar-refractivity contribution in [2.75, 3.05) is 5.73 Å². The summed E-state index contributed by atoms with van der Waals surface area (Å²) in [6.07, 6.45) is 0. The van der Waals surface area contributed by atoms with E-state index in [1.165, 1.54) is 12.1 Å². The van der Waals surface area contributed by atoms with Crippen molar-refractivity contribution in [2.24, 2.45) is 0 Å². The van der Waals surface area contributed by atoms with Gasteiger partial charge in [0.05, 0.1) is 16.3 Å². The highest BCUT2D eigenvalue weighted by molar-refractivity contribution is 9.10. The van der Waals surface area contributed by atoms with Gasteiger partial charge in [0.1, 0.15) is 0 Å². The molecule has 19 heavy (non-hydrogen) atoms. The number of rotatable bonds is 3. The van der Waals surface area contributed by atoms with Gasteiger partial charge in [0, 0.05) is 9.50 Å². The molecule has 0 heterocycles. The van der Waals surface area contributed by atoms with Crippen molar-refractivity contribution in [3.8, 4) is 0 Å². The zero-order valence-corrected chi connectivity index (χ0v) is 13.0. The number of halogens is 2. The topological polar surface area (TPSA) is 60.2 Å². The van der Waals surface area contributed by atoms with Crippen LogP contribution in [0.4, 0.5) is 5.69 Å². The summed E-state index contributed by atoms with van der Waals surface area (Å²) < 4.78 is 25.5. The molecule has 2 N–H and O–H groups in total. The molecule has 2 aromatic carbocycles. The molecule has 0 aliphatic heterocycles. The van der Waals surface area contributed by atoms with Gasteiger partial charge in [0.2, 0.25) is 0 Å². The van der Waals surface area contributed by atoms with Crippen molar-refractivity contribution in [1.29, 1.82) is 0 Å². The quantitative estimate of drug-likeness (QED) is 0.850. The van der Waals surface area contributed by atoms with Crippen LogP contribution in [0.15, 0.2) is 51.8 Å². The van der Waals surface area contributed by atoms with Crippen molar-refractivity contribution < 1.29 is 8.42 Å². The Hall–Kier alpha value is -1.04. The Bertz CT molecular complexity index is 699. The van der Waals surface area contributed by atoms with Crippen LogP contribution >= 0.6 is 27.5 Å². The first-order chi connectivity index (χ1) is 8.88. The second-order valence-corrected chi connectivity index (χ2v) is 7.38. The molecule has 100 valence electrons. The molecule has 0 atom stereocenters. The number of hydrogen-bond acceptors (Lipinski definition) is 3. The van der Waals surface area contributed by atoms with Crippen molar-refractivity contribution in [2.45, 2.75) is 10.6 Å². The molecular weight excluding hydrogens is 350 g/mol. The number of sulfone groups is 1. The molecule has 0 fully saturated rings. The van der Waals surface area contributed by atoms with Crippen molar-refractivity contribution in [3.05, 3.63) is 57.5 Å². The fourth-order valence-corrected chi connectivity index (χ4v) is 3.68. The summed E-state index contributed by atoms with van der Waals surface area (Å²) in [7, 11) is -3.50. The Morgan fingerprint density at radius 1 is 1.11 bits per heavy atom. The summed E-state index contributed by atoms with van der Waals surface area (Å²) in [5.74, 6) is -0.106. The minimum Gasteiger partial charge on any atom is -0.398 e. The average Bonchev–Trinajstić information content (AvgIpc) is 2.35. The summed E-state index contributed by atoms with van der Waals surface area (Å²) in [6, 6.07) is 11.5. The van der Waals surface area contributed by atoms with Gasteiger partial charge in [-0.1, -0.05) is 39.7 Å². The van der Waals surface area contributed by atoms with Gasteiger partial charge in [-0.2, -0.15) is 0 Å². The second kappa shape index (κ2) is 5.53. The minimum absolute atomic E-state index is 0.0721. The van der Waals surface area contributed by atoms with Crippen LogP contribution in [0.1, 0.15) is 5.56 Å². The lowest BCUT2D eigenvalue weighted by atomic mass is 10.2. The third kappa shape index (κ3) is 3.49. The van der Waals surface area contributed by atoms with Crippen LogP contribution < -0.4 is 5.73 Å². The van der Waals surface area contributed by atoms with Gasteiger partial charge < -0.3 is 5.73 Å². The van der Waals surface area contributed by atoms with Crippen LogP contribution in [-0.4, -0.2) is 8.42 Å². The van der Waals surface area contributed by atoms with Crippen LogP contribution in [0.3, 0.4) is 0 Å². The lowest BCUT2D eigenvalue weighted by Gasteiger charge is -2.08. The molecule has 0 amide bonds. The summed E-state index contributed by atoms with van der Waals surface area (Å²) in [5.41, 5.74) is 6.61. The zero-order valence-electron chi connectivity index (χ0n) is 9.81. The normalized spacial score (nSPS) is 11.5. The van der Waals surface area contributed by atoms with E-state index >= 15 is 0 Å². The van der Waals surface area contributed by atoms with Gasteiger partial charge in [0.15, 0.2) is 9.84 Å². The third-order valence-electron chi connectivity index (χ3n) is 2.58. The van der Waals surface area contributed by atoms with Crippen LogP contribution in [0.2, 0.25) is 5.02 Å². The predicted octanol–water partition coefficient (Wildman–Crippen LogP) is 3.66. The Balaban J connectivity index is 2.37. The highest BCUT2D eigenvalue weighted by Gasteiger charge is 2.18. The second-order valence-electron chi connectivity index (χ2n) is 4.07. The Morgan fingerprint density at radius 3 is 2.37 bits per heavy atom. The highest BCUT2D eigenvalue weighted by Crippen LogP contribution is 2.26. The van der Waals surface area contributed by atoms with E-state index in [1.54, 1.807) is 30.3 Å². The van der Waals surface area contributed by atoms with E-state index in [1.807, 2.05) is 0 Å². The molecule has 2 rings (SSSR count). The minimum atomic E-state index is -3.50.